The molecular weight excluding hydrogens is 420 g/mol. The highest BCUT2D eigenvalue weighted by Gasteiger charge is 2.30. The van der Waals surface area contributed by atoms with Crippen molar-refractivity contribution in [3.63, 3.8) is 0 Å². The van der Waals surface area contributed by atoms with Gasteiger partial charge in [-0.05, 0) is 43.2 Å². The van der Waals surface area contributed by atoms with Crippen LogP contribution < -0.4 is 4.90 Å². The maximum absolute atomic E-state index is 13.2. The maximum atomic E-state index is 13.2. The van der Waals surface area contributed by atoms with Crippen LogP contribution in [-0.4, -0.2) is 56.6 Å². The number of carbonyl (C=O) groups excluding carboxylic acids is 1. The topological polar surface area (TPSA) is 82.4 Å². The van der Waals surface area contributed by atoms with Crippen molar-refractivity contribution in [3.8, 4) is 0 Å². The van der Waals surface area contributed by atoms with Gasteiger partial charge in [0.1, 0.15) is 4.21 Å². The van der Waals surface area contributed by atoms with Crippen LogP contribution in [0.1, 0.15) is 28.8 Å². The van der Waals surface area contributed by atoms with E-state index in [1.54, 1.807) is 16.4 Å². The minimum Gasteiger partial charge on any atom is -0.369 e. The summed E-state index contributed by atoms with van der Waals surface area (Å²) in [4.78, 5) is 14.5. The summed E-state index contributed by atoms with van der Waals surface area (Å²) in [7, 11) is -3.56. The molecule has 4 rings (SSSR count). The van der Waals surface area contributed by atoms with E-state index in [-0.39, 0.29) is 5.78 Å². The number of aryl methyl sites for hydroxylation is 2. The minimum absolute atomic E-state index is 0.0696. The lowest BCUT2D eigenvalue weighted by Gasteiger charge is -2.36. The molecule has 2 aromatic rings. The van der Waals surface area contributed by atoms with Gasteiger partial charge in [0.2, 0.25) is 0 Å². The Morgan fingerprint density at radius 3 is 2.53 bits per heavy atom. The summed E-state index contributed by atoms with van der Waals surface area (Å²) in [6, 6.07) is 9.74. The second-order valence-corrected chi connectivity index (χ2v) is 10.8. The third kappa shape index (κ3) is 4.23. The summed E-state index contributed by atoms with van der Waals surface area (Å²) < 4.78 is 28.2. The van der Waals surface area contributed by atoms with Gasteiger partial charge in [-0.1, -0.05) is 12.1 Å². The number of anilines is 1. The predicted octanol–water partition coefficient (Wildman–Crippen LogP) is 3.01. The van der Waals surface area contributed by atoms with Gasteiger partial charge in [0.25, 0.3) is 10.0 Å². The molecule has 7 nitrogen and oxygen atoms in total. The fourth-order valence-electron chi connectivity index (χ4n) is 3.66. The molecule has 0 N–H and O–H groups in total. The van der Waals surface area contributed by atoms with Gasteiger partial charge in [0, 0.05) is 44.7 Å². The molecular formula is C21H24N4O3S2. The maximum Gasteiger partial charge on any atom is 0.252 e. The van der Waals surface area contributed by atoms with E-state index in [1.807, 2.05) is 0 Å². The molecule has 0 bridgehead atoms. The third-order valence-corrected chi connectivity index (χ3v) is 8.89. The molecule has 0 spiro atoms. The molecule has 2 aliphatic heterocycles. The predicted molar refractivity (Wildman–Crippen MR) is 120 cm³/mol. The number of Topliss-reactive ketones (excluding diaryl/α,β-unsaturated/α-hetero) is 1. The van der Waals surface area contributed by atoms with E-state index >= 15 is 0 Å². The molecule has 0 aliphatic carbocycles. The summed E-state index contributed by atoms with van der Waals surface area (Å²) in [5, 5.41) is 7.85. The van der Waals surface area contributed by atoms with Crippen LogP contribution >= 0.6 is 11.3 Å². The van der Waals surface area contributed by atoms with Gasteiger partial charge in [0.15, 0.2) is 5.78 Å². The largest absolute Gasteiger partial charge is 0.369 e. The van der Waals surface area contributed by atoms with E-state index in [1.165, 1.54) is 34.4 Å². The van der Waals surface area contributed by atoms with Crippen LogP contribution in [0.3, 0.4) is 0 Å². The highest BCUT2D eigenvalue weighted by atomic mass is 32.2. The van der Waals surface area contributed by atoms with E-state index in [9.17, 15) is 13.2 Å². The van der Waals surface area contributed by atoms with Crippen LogP contribution in [0.15, 0.2) is 44.7 Å². The van der Waals surface area contributed by atoms with Crippen molar-refractivity contribution < 1.29 is 13.2 Å². The highest BCUT2D eigenvalue weighted by Crippen LogP contribution is 2.29. The van der Waals surface area contributed by atoms with Crippen molar-refractivity contribution in [2.24, 2.45) is 10.2 Å². The SMILES string of the molecule is Cc1ccc(C)c(N2CCN(S(=O)(=O)c3ccc(C4=NN=CC(=O)CC4)s3)CC2)c1. The Balaban J connectivity index is 1.47. The van der Waals surface area contributed by atoms with Crippen molar-refractivity contribution in [1.29, 1.82) is 0 Å². The van der Waals surface area contributed by atoms with Gasteiger partial charge in [0.05, 0.1) is 16.8 Å². The van der Waals surface area contributed by atoms with Crippen LogP contribution in [0.2, 0.25) is 0 Å². The van der Waals surface area contributed by atoms with Gasteiger partial charge >= 0.3 is 0 Å². The van der Waals surface area contributed by atoms with Crippen LogP contribution in [0.25, 0.3) is 0 Å². The number of nitrogens with zero attached hydrogens (tertiary/aromatic N) is 4. The third-order valence-electron chi connectivity index (χ3n) is 5.39. The molecule has 0 saturated carbocycles. The van der Waals surface area contributed by atoms with E-state index in [2.05, 4.69) is 47.1 Å². The first kappa shape index (κ1) is 20.9. The zero-order valence-corrected chi connectivity index (χ0v) is 18.7. The molecule has 9 heteroatoms. The van der Waals surface area contributed by atoms with E-state index in [4.69, 9.17) is 0 Å². The van der Waals surface area contributed by atoms with E-state index < -0.39 is 10.0 Å². The Morgan fingerprint density at radius 2 is 1.77 bits per heavy atom. The minimum atomic E-state index is -3.56. The standard InChI is InChI=1S/C21H24N4O3S2/c1-15-3-4-16(2)19(13-15)24-9-11-25(12-10-24)30(27,28)21-8-7-20(29-21)18-6-5-17(26)14-22-23-18/h3-4,7-8,13-14H,5-6,9-12H2,1-2H3. The van der Waals surface area contributed by atoms with Crippen molar-refractivity contribution in [3.05, 3.63) is 46.3 Å². The summed E-state index contributed by atoms with van der Waals surface area (Å²) in [6.07, 6.45) is 2.02. The van der Waals surface area contributed by atoms with Crippen LogP contribution in [0, 0.1) is 13.8 Å². The lowest BCUT2D eigenvalue weighted by Crippen LogP contribution is -2.48. The van der Waals surface area contributed by atoms with Crippen molar-refractivity contribution in [1.82, 2.24) is 4.31 Å². The lowest BCUT2D eigenvalue weighted by atomic mass is 10.1. The number of hydrogen-bond donors (Lipinski definition) is 0. The number of benzene rings is 1. The average Bonchev–Trinajstić information content (AvgIpc) is 3.14. The first-order valence-electron chi connectivity index (χ1n) is 9.90. The fraction of sp³-hybridized carbons (Fsp3) is 0.381. The molecule has 3 heterocycles. The van der Waals surface area contributed by atoms with Crippen LogP contribution in [0.4, 0.5) is 5.69 Å². The summed E-state index contributed by atoms with van der Waals surface area (Å²) in [6.45, 7) is 6.36. The molecule has 1 fully saturated rings. The Hall–Kier alpha value is -2.36. The van der Waals surface area contributed by atoms with Crippen molar-refractivity contribution in [2.75, 3.05) is 31.1 Å². The fourth-order valence-corrected chi connectivity index (χ4v) is 6.56. The number of ketones is 1. The average molecular weight is 445 g/mol. The van der Waals surface area contributed by atoms with Crippen molar-refractivity contribution >= 4 is 44.8 Å². The molecule has 0 atom stereocenters. The van der Waals surface area contributed by atoms with Gasteiger partial charge in [-0.15, -0.1) is 11.3 Å². The zero-order chi connectivity index (χ0) is 21.3. The van der Waals surface area contributed by atoms with Crippen molar-refractivity contribution in [2.45, 2.75) is 30.9 Å². The quantitative estimate of drug-likeness (QED) is 0.726. The summed E-state index contributed by atoms with van der Waals surface area (Å²) in [5.41, 5.74) is 4.23. The highest BCUT2D eigenvalue weighted by molar-refractivity contribution is 7.91. The monoisotopic (exact) mass is 444 g/mol. The number of thiophene rings is 1. The van der Waals surface area contributed by atoms with Crippen LogP contribution in [0.5, 0.6) is 0 Å². The summed E-state index contributed by atoms with van der Waals surface area (Å²) in [5.74, 6) is -0.0696. The molecule has 1 saturated heterocycles. The second kappa shape index (κ2) is 8.41. The number of hydrogen-bond acceptors (Lipinski definition) is 7. The number of rotatable bonds is 4. The van der Waals surface area contributed by atoms with Gasteiger partial charge in [-0.2, -0.15) is 14.5 Å². The molecule has 158 valence electrons. The molecule has 30 heavy (non-hydrogen) atoms. The van der Waals surface area contributed by atoms with E-state index in [0.29, 0.717) is 48.9 Å². The number of carbonyl (C=O) groups is 1. The molecule has 0 amide bonds. The Kier molecular flexibility index (Phi) is 5.86. The molecule has 0 unspecified atom stereocenters. The van der Waals surface area contributed by atoms with Gasteiger partial charge in [-0.3, -0.25) is 4.79 Å². The molecule has 2 aliphatic rings. The Morgan fingerprint density at radius 1 is 1.00 bits per heavy atom. The van der Waals surface area contributed by atoms with Gasteiger partial charge < -0.3 is 4.90 Å². The number of sulfonamides is 1. The normalized spacial score (nSPS) is 18.4. The Bertz CT molecular complexity index is 1130. The summed E-state index contributed by atoms with van der Waals surface area (Å²) >= 11 is 1.19. The number of piperazine rings is 1. The molecule has 1 aromatic carbocycles. The smallest absolute Gasteiger partial charge is 0.252 e. The van der Waals surface area contributed by atoms with Gasteiger partial charge in [-0.25, -0.2) is 8.42 Å². The second-order valence-electron chi connectivity index (χ2n) is 7.56. The Labute approximate surface area is 180 Å². The zero-order valence-electron chi connectivity index (χ0n) is 17.0. The molecule has 1 aromatic heterocycles. The lowest BCUT2D eigenvalue weighted by molar-refractivity contribution is -0.112. The molecule has 0 radical (unpaired) electrons. The van der Waals surface area contributed by atoms with Crippen LogP contribution in [-0.2, 0) is 14.8 Å². The first-order valence-corrected chi connectivity index (χ1v) is 12.2. The first-order chi connectivity index (χ1) is 14.3. The van der Waals surface area contributed by atoms with E-state index in [0.717, 1.165) is 4.88 Å².